The molecule has 0 N–H and O–H groups in total. The standard InChI is InChI=1S/C15H20O/c1-10(2)14-9-15(16-12(14)4)13-7-5-11(3)6-8-13/h5,7-11H,6H2,1-4H3. The highest BCUT2D eigenvalue weighted by molar-refractivity contribution is 5.72. The maximum Gasteiger partial charge on any atom is 0.134 e. The van der Waals surface area contributed by atoms with Crippen molar-refractivity contribution < 1.29 is 4.42 Å². The van der Waals surface area contributed by atoms with Crippen LogP contribution >= 0.6 is 0 Å². The van der Waals surface area contributed by atoms with E-state index in [0.29, 0.717) is 11.8 Å². The summed E-state index contributed by atoms with van der Waals surface area (Å²) in [7, 11) is 0. The molecule has 0 aromatic carbocycles. The molecule has 1 atom stereocenters. The highest BCUT2D eigenvalue weighted by Crippen LogP contribution is 2.30. The van der Waals surface area contributed by atoms with E-state index in [9.17, 15) is 0 Å². The molecular formula is C15H20O. The Labute approximate surface area is 97.9 Å². The molecule has 0 spiro atoms. The average molecular weight is 216 g/mol. The van der Waals surface area contributed by atoms with Crippen molar-refractivity contribution in [1.82, 2.24) is 0 Å². The predicted molar refractivity (Wildman–Crippen MR) is 68.4 cm³/mol. The van der Waals surface area contributed by atoms with Gasteiger partial charge >= 0.3 is 0 Å². The zero-order valence-corrected chi connectivity index (χ0v) is 10.6. The molecule has 1 aliphatic rings. The van der Waals surface area contributed by atoms with Crippen molar-refractivity contribution in [3.63, 3.8) is 0 Å². The number of aryl methyl sites for hydroxylation is 1. The summed E-state index contributed by atoms with van der Waals surface area (Å²) >= 11 is 0. The lowest BCUT2D eigenvalue weighted by Gasteiger charge is -2.09. The molecule has 0 fully saturated rings. The van der Waals surface area contributed by atoms with Crippen LogP contribution in [0.4, 0.5) is 0 Å². The summed E-state index contributed by atoms with van der Waals surface area (Å²) in [4.78, 5) is 0. The SMILES string of the molecule is Cc1oc(C2=CCC(C)C=C2)cc1C(C)C. The molecule has 0 saturated carbocycles. The van der Waals surface area contributed by atoms with Gasteiger partial charge < -0.3 is 4.42 Å². The summed E-state index contributed by atoms with van der Waals surface area (Å²) in [6, 6.07) is 2.19. The normalized spacial score (nSPS) is 20.3. The molecule has 1 heterocycles. The van der Waals surface area contributed by atoms with Crippen molar-refractivity contribution in [2.45, 2.75) is 40.0 Å². The Kier molecular flexibility index (Phi) is 3.04. The molecule has 1 aromatic rings. The zero-order valence-electron chi connectivity index (χ0n) is 10.6. The highest BCUT2D eigenvalue weighted by Gasteiger charge is 2.14. The first-order valence-corrected chi connectivity index (χ1v) is 6.07. The van der Waals surface area contributed by atoms with Crippen molar-refractivity contribution in [3.05, 3.63) is 41.4 Å². The van der Waals surface area contributed by atoms with Gasteiger partial charge in [0.15, 0.2) is 0 Å². The van der Waals surface area contributed by atoms with Gasteiger partial charge in [0.05, 0.1) is 0 Å². The van der Waals surface area contributed by atoms with E-state index in [-0.39, 0.29) is 0 Å². The monoisotopic (exact) mass is 216 g/mol. The third-order valence-corrected chi connectivity index (χ3v) is 3.18. The van der Waals surface area contributed by atoms with E-state index in [2.05, 4.69) is 52.0 Å². The van der Waals surface area contributed by atoms with Crippen molar-refractivity contribution in [3.8, 4) is 0 Å². The van der Waals surface area contributed by atoms with Gasteiger partial charge in [0, 0.05) is 5.57 Å². The third-order valence-electron chi connectivity index (χ3n) is 3.18. The molecular weight excluding hydrogens is 196 g/mol. The predicted octanol–water partition coefficient (Wildman–Crippen LogP) is 4.69. The Morgan fingerprint density at radius 2 is 2.12 bits per heavy atom. The van der Waals surface area contributed by atoms with Gasteiger partial charge in [-0.05, 0) is 36.8 Å². The minimum absolute atomic E-state index is 0.532. The molecule has 1 nitrogen and oxygen atoms in total. The van der Waals surface area contributed by atoms with E-state index in [4.69, 9.17) is 4.42 Å². The lowest BCUT2D eigenvalue weighted by molar-refractivity contribution is 0.515. The lowest BCUT2D eigenvalue weighted by atomic mass is 9.96. The Hall–Kier alpha value is -1.24. The Morgan fingerprint density at radius 3 is 2.62 bits per heavy atom. The average Bonchev–Trinajstić information content (AvgIpc) is 2.61. The first kappa shape index (κ1) is 11.3. The fourth-order valence-electron chi connectivity index (χ4n) is 2.12. The fourth-order valence-corrected chi connectivity index (χ4v) is 2.12. The van der Waals surface area contributed by atoms with Gasteiger partial charge in [-0.25, -0.2) is 0 Å². The van der Waals surface area contributed by atoms with Crippen LogP contribution in [0.1, 0.15) is 50.2 Å². The summed E-state index contributed by atoms with van der Waals surface area (Å²) in [5, 5.41) is 0. The summed E-state index contributed by atoms with van der Waals surface area (Å²) in [5.74, 6) is 3.26. The molecule has 86 valence electrons. The van der Waals surface area contributed by atoms with Crippen LogP contribution in [-0.4, -0.2) is 0 Å². The minimum Gasteiger partial charge on any atom is -0.461 e. The van der Waals surface area contributed by atoms with Crippen LogP contribution in [-0.2, 0) is 0 Å². The second-order valence-corrected chi connectivity index (χ2v) is 5.01. The summed E-state index contributed by atoms with van der Waals surface area (Å²) < 4.78 is 5.83. The van der Waals surface area contributed by atoms with E-state index in [1.54, 1.807) is 0 Å². The molecule has 1 heteroatoms. The molecule has 2 rings (SSSR count). The largest absolute Gasteiger partial charge is 0.461 e. The fraction of sp³-hybridized carbons (Fsp3) is 0.467. The first-order chi connectivity index (χ1) is 7.58. The van der Waals surface area contributed by atoms with Gasteiger partial charge in [-0.3, -0.25) is 0 Å². The van der Waals surface area contributed by atoms with Gasteiger partial charge in [0.2, 0.25) is 0 Å². The summed E-state index contributed by atoms with van der Waals surface area (Å²) in [5.41, 5.74) is 2.55. The van der Waals surface area contributed by atoms with E-state index in [1.807, 2.05) is 0 Å². The van der Waals surface area contributed by atoms with Crippen LogP contribution in [0, 0.1) is 12.8 Å². The molecule has 0 aliphatic heterocycles. The van der Waals surface area contributed by atoms with Gasteiger partial charge in [-0.15, -0.1) is 0 Å². The van der Waals surface area contributed by atoms with E-state index < -0.39 is 0 Å². The maximum atomic E-state index is 5.83. The Bertz CT molecular complexity index is 432. The van der Waals surface area contributed by atoms with Crippen LogP contribution < -0.4 is 0 Å². The highest BCUT2D eigenvalue weighted by atomic mass is 16.3. The van der Waals surface area contributed by atoms with Crippen LogP contribution in [0.25, 0.3) is 5.57 Å². The van der Waals surface area contributed by atoms with Crippen molar-refractivity contribution in [1.29, 1.82) is 0 Å². The topological polar surface area (TPSA) is 13.1 Å². The molecule has 0 radical (unpaired) electrons. The van der Waals surface area contributed by atoms with E-state index >= 15 is 0 Å². The van der Waals surface area contributed by atoms with Crippen LogP contribution in [0.3, 0.4) is 0 Å². The van der Waals surface area contributed by atoms with Crippen molar-refractivity contribution in [2.24, 2.45) is 5.92 Å². The lowest BCUT2D eigenvalue weighted by Crippen LogP contribution is -1.93. The van der Waals surface area contributed by atoms with Gasteiger partial charge in [0.25, 0.3) is 0 Å². The van der Waals surface area contributed by atoms with Crippen molar-refractivity contribution >= 4 is 5.57 Å². The molecule has 1 aliphatic carbocycles. The van der Waals surface area contributed by atoms with Crippen LogP contribution in [0.15, 0.2) is 28.7 Å². The number of hydrogen-bond acceptors (Lipinski definition) is 1. The Morgan fingerprint density at radius 1 is 1.38 bits per heavy atom. The molecule has 16 heavy (non-hydrogen) atoms. The molecule has 0 bridgehead atoms. The van der Waals surface area contributed by atoms with Gasteiger partial charge in [0.1, 0.15) is 11.5 Å². The summed E-state index contributed by atoms with van der Waals surface area (Å²) in [6.07, 6.45) is 7.81. The van der Waals surface area contributed by atoms with Gasteiger partial charge in [-0.2, -0.15) is 0 Å². The third kappa shape index (κ3) is 2.13. The maximum absolute atomic E-state index is 5.83. The quantitative estimate of drug-likeness (QED) is 0.699. The Balaban J connectivity index is 2.29. The van der Waals surface area contributed by atoms with E-state index in [1.165, 1.54) is 11.1 Å². The summed E-state index contributed by atoms with van der Waals surface area (Å²) in [6.45, 7) is 8.69. The van der Waals surface area contributed by atoms with Gasteiger partial charge in [-0.1, -0.05) is 39.0 Å². The zero-order chi connectivity index (χ0) is 11.7. The van der Waals surface area contributed by atoms with Crippen LogP contribution in [0.5, 0.6) is 0 Å². The smallest absolute Gasteiger partial charge is 0.134 e. The molecule has 0 saturated heterocycles. The second kappa shape index (κ2) is 4.32. The number of furan rings is 1. The van der Waals surface area contributed by atoms with Crippen molar-refractivity contribution in [2.75, 3.05) is 0 Å². The minimum atomic E-state index is 0.532. The number of allylic oxidation sites excluding steroid dienone is 4. The molecule has 0 amide bonds. The first-order valence-electron chi connectivity index (χ1n) is 6.07. The molecule has 1 aromatic heterocycles. The molecule has 1 unspecified atom stereocenters. The number of rotatable bonds is 2. The van der Waals surface area contributed by atoms with Crippen LogP contribution in [0.2, 0.25) is 0 Å². The van der Waals surface area contributed by atoms with E-state index in [0.717, 1.165) is 17.9 Å². The number of hydrogen-bond donors (Lipinski definition) is 0. The second-order valence-electron chi connectivity index (χ2n) is 5.01.